The van der Waals surface area contributed by atoms with Crippen molar-refractivity contribution in [2.24, 2.45) is 0 Å². The second kappa shape index (κ2) is 10.9. The highest BCUT2D eigenvalue weighted by Crippen LogP contribution is 2.15. The monoisotopic (exact) mass is 463 g/mol. The minimum absolute atomic E-state index is 0.0677. The van der Waals surface area contributed by atoms with Crippen molar-refractivity contribution >= 4 is 27.5 Å². The van der Waals surface area contributed by atoms with Gasteiger partial charge in [0, 0.05) is 31.0 Å². The molecule has 1 aromatic carbocycles. The predicted molar refractivity (Wildman–Crippen MR) is 121 cm³/mol. The molecule has 0 fully saturated rings. The molecule has 0 saturated heterocycles. The summed E-state index contributed by atoms with van der Waals surface area (Å²) in [6.07, 6.45) is 1.12. The quantitative estimate of drug-likeness (QED) is 0.471. The SMILES string of the molecule is CCN(CC)S(=O)(=O)c1ccc(=O)n(CC(=O)NNC(=O)CNc2ccc(C)cc2C)c1. The van der Waals surface area contributed by atoms with E-state index in [-0.39, 0.29) is 24.5 Å². The van der Waals surface area contributed by atoms with E-state index in [1.165, 1.54) is 10.4 Å². The standard InChI is InChI=1S/C21H29N5O5S/c1-5-26(6-2)32(30,31)17-8-10-21(29)25(13-17)14-20(28)24-23-19(27)12-22-18-9-7-15(3)11-16(18)4/h7-11,13,22H,5-6,12,14H2,1-4H3,(H,23,27)(H,24,28). The summed E-state index contributed by atoms with van der Waals surface area (Å²) in [5.74, 6) is -1.16. The van der Waals surface area contributed by atoms with E-state index in [4.69, 9.17) is 0 Å². The molecule has 2 aromatic rings. The zero-order valence-corrected chi connectivity index (χ0v) is 19.5. The van der Waals surface area contributed by atoms with Gasteiger partial charge < -0.3 is 9.88 Å². The molecule has 0 unspecified atom stereocenters. The van der Waals surface area contributed by atoms with Gasteiger partial charge in [-0.05, 0) is 31.5 Å². The number of hydrazine groups is 1. The van der Waals surface area contributed by atoms with Gasteiger partial charge in [-0.3, -0.25) is 25.2 Å². The number of anilines is 1. The fraction of sp³-hybridized carbons (Fsp3) is 0.381. The Kier molecular flexibility index (Phi) is 8.56. The van der Waals surface area contributed by atoms with Crippen molar-refractivity contribution in [3.63, 3.8) is 0 Å². The van der Waals surface area contributed by atoms with Crippen LogP contribution in [-0.4, -0.2) is 48.7 Å². The number of aromatic nitrogens is 1. The second-order valence-corrected chi connectivity index (χ2v) is 9.13. The van der Waals surface area contributed by atoms with E-state index in [2.05, 4.69) is 16.2 Å². The van der Waals surface area contributed by atoms with Gasteiger partial charge in [0.05, 0.1) is 11.4 Å². The number of aryl methyl sites for hydroxylation is 2. The lowest BCUT2D eigenvalue weighted by molar-refractivity contribution is -0.128. The van der Waals surface area contributed by atoms with Gasteiger partial charge in [0.15, 0.2) is 0 Å². The minimum Gasteiger partial charge on any atom is -0.376 e. The van der Waals surface area contributed by atoms with Crippen LogP contribution in [0, 0.1) is 13.8 Å². The van der Waals surface area contributed by atoms with Gasteiger partial charge in [-0.15, -0.1) is 0 Å². The Morgan fingerprint density at radius 2 is 1.66 bits per heavy atom. The van der Waals surface area contributed by atoms with E-state index in [9.17, 15) is 22.8 Å². The molecular formula is C21H29N5O5S. The van der Waals surface area contributed by atoms with Crippen LogP contribution in [0.4, 0.5) is 5.69 Å². The van der Waals surface area contributed by atoms with Gasteiger partial charge >= 0.3 is 0 Å². The summed E-state index contributed by atoms with van der Waals surface area (Å²) in [6, 6.07) is 8.07. The second-order valence-electron chi connectivity index (χ2n) is 7.19. The van der Waals surface area contributed by atoms with Crippen molar-refractivity contribution in [3.8, 4) is 0 Å². The first-order valence-corrected chi connectivity index (χ1v) is 11.6. The molecule has 0 saturated carbocycles. The molecule has 1 heterocycles. The van der Waals surface area contributed by atoms with E-state index >= 15 is 0 Å². The van der Waals surface area contributed by atoms with Gasteiger partial charge in [0.2, 0.25) is 10.0 Å². The Morgan fingerprint density at radius 3 is 2.28 bits per heavy atom. The first kappa shape index (κ1) is 25.1. The Hall–Kier alpha value is -3.18. The van der Waals surface area contributed by atoms with Gasteiger partial charge in [-0.25, -0.2) is 8.42 Å². The molecule has 0 radical (unpaired) electrons. The van der Waals surface area contributed by atoms with Crippen molar-refractivity contribution in [2.45, 2.75) is 39.1 Å². The van der Waals surface area contributed by atoms with E-state index in [0.717, 1.165) is 33.6 Å². The van der Waals surface area contributed by atoms with Crippen LogP contribution in [0.2, 0.25) is 0 Å². The smallest absolute Gasteiger partial charge is 0.258 e. The number of rotatable bonds is 9. The summed E-state index contributed by atoms with van der Waals surface area (Å²) < 4.78 is 27.5. The van der Waals surface area contributed by atoms with Crippen LogP contribution in [0.3, 0.4) is 0 Å². The summed E-state index contributed by atoms with van der Waals surface area (Å²) in [5, 5.41) is 2.98. The number of carbonyl (C=O) groups excluding carboxylic acids is 2. The maximum absolute atomic E-state index is 12.6. The maximum Gasteiger partial charge on any atom is 0.258 e. The maximum atomic E-state index is 12.6. The first-order chi connectivity index (χ1) is 15.1. The number of nitrogens with one attached hydrogen (secondary N) is 3. The number of pyridine rings is 1. The number of hydrogen-bond donors (Lipinski definition) is 3. The number of sulfonamides is 1. The molecule has 2 rings (SSSR count). The lowest BCUT2D eigenvalue weighted by atomic mass is 10.1. The highest BCUT2D eigenvalue weighted by Gasteiger charge is 2.22. The molecular weight excluding hydrogens is 434 g/mol. The third kappa shape index (κ3) is 6.41. The fourth-order valence-corrected chi connectivity index (χ4v) is 4.54. The lowest BCUT2D eigenvalue weighted by Gasteiger charge is -2.19. The van der Waals surface area contributed by atoms with Crippen LogP contribution in [0.25, 0.3) is 0 Å². The average Bonchev–Trinajstić information content (AvgIpc) is 2.73. The van der Waals surface area contributed by atoms with Crippen LogP contribution in [0.15, 0.2) is 46.2 Å². The zero-order chi connectivity index (χ0) is 23.9. The van der Waals surface area contributed by atoms with Crippen molar-refractivity contribution in [2.75, 3.05) is 25.0 Å². The van der Waals surface area contributed by atoms with E-state index in [1.807, 2.05) is 32.0 Å². The molecule has 2 amide bonds. The lowest BCUT2D eigenvalue weighted by Crippen LogP contribution is -2.46. The predicted octanol–water partition coefficient (Wildman–Crippen LogP) is 0.755. The molecule has 1 aromatic heterocycles. The van der Waals surface area contributed by atoms with Crippen molar-refractivity contribution in [1.29, 1.82) is 0 Å². The minimum atomic E-state index is -3.78. The molecule has 0 spiro atoms. The van der Waals surface area contributed by atoms with Gasteiger partial charge in [0.1, 0.15) is 6.54 Å². The van der Waals surface area contributed by atoms with E-state index < -0.39 is 33.9 Å². The Labute approximate surface area is 187 Å². The Morgan fingerprint density at radius 1 is 1.00 bits per heavy atom. The first-order valence-electron chi connectivity index (χ1n) is 10.2. The topological polar surface area (TPSA) is 130 Å². The molecule has 10 nitrogen and oxygen atoms in total. The molecule has 32 heavy (non-hydrogen) atoms. The van der Waals surface area contributed by atoms with Crippen molar-refractivity contribution in [1.82, 2.24) is 19.7 Å². The molecule has 3 N–H and O–H groups in total. The molecule has 0 atom stereocenters. The van der Waals surface area contributed by atoms with Gasteiger partial charge in [-0.1, -0.05) is 31.5 Å². The van der Waals surface area contributed by atoms with Crippen LogP contribution < -0.4 is 21.7 Å². The Bertz CT molecular complexity index is 1140. The summed E-state index contributed by atoms with van der Waals surface area (Å²) in [7, 11) is -3.78. The van der Waals surface area contributed by atoms with Gasteiger partial charge in [0.25, 0.3) is 17.4 Å². The molecule has 0 aliphatic heterocycles. The molecule has 11 heteroatoms. The third-order valence-corrected chi connectivity index (χ3v) is 6.81. The Balaban J connectivity index is 1.96. The van der Waals surface area contributed by atoms with E-state index in [0.29, 0.717) is 0 Å². The number of benzene rings is 1. The van der Waals surface area contributed by atoms with Gasteiger partial charge in [-0.2, -0.15) is 4.31 Å². The highest BCUT2D eigenvalue weighted by molar-refractivity contribution is 7.89. The summed E-state index contributed by atoms with van der Waals surface area (Å²) >= 11 is 0. The number of hydrogen-bond acceptors (Lipinski definition) is 6. The fourth-order valence-electron chi connectivity index (χ4n) is 3.06. The number of amides is 2. The molecule has 0 aliphatic carbocycles. The molecule has 0 bridgehead atoms. The zero-order valence-electron chi connectivity index (χ0n) is 18.6. The van der Waals surface area contributed by atoms with Crippen LogP contribution >= 0.6 is 0 Å². The van der Waals surface area contributed by atoms with Crippen molar-refractivity contribution < 1.29 is 18.0 Å². The molecule has 0 aliphatic rings. The van der Waals surface area contributed by atoms with Crippen LogP contribution in [0.5, 0.6) is 0 Å². The average molecular weight is 464 g/mol. The summed E-state index contributed by atoms with van der Waals surface area (Å²) in [5.41, 5.74) is 6.84. The summed E-state index contributed by atoms with van der Waals surface area (Å²) in [6.45, 7) is 7.35. The highest BCUT2D eigenvalue weighted by atomic mass is 32.2. The van der Waals surface area contributed by atoms with Crippen molar-refractivity contribution in [3.05, 3.63) is 58.0 Å². The van der Waals surface area contributed by atoms with Crippen LogP contribution in [-0.2, 0) is 26.2 Å². The van der Waals surface area contributed by atoms with E-state index in [1.54, 1.807) is 13.8 Å². The number of carbonyl (C=O) groups is 2. The third-order valence-electron chi connectivity index (χ3n) is 4.78. The summed E-state index contributed by atoms with van der Waals surface area (Å²) in [4.78, 5) is 36.2. The largest absolute Gasteiger partial charge is 0.376 e. The van der Waals surface area contributed by atoms with Crippen LogP contribution in [0.1, 0.15) is 25.0 Å². The normalized spacial score (nSPS) is 11.3. The number of nitrogens with zero attached hydrogens (tertiary/aromatic N) is 2. The molecule has 174 valence electrons.